The molecule has 0 bridgehead atoms. The first-order chi connectivity index (χ1) is 6.49. The van der Waals surface area contributed by atoms with Crippen molar-refractivity contribution in [1.29, 1.82) is 0 Å². The van der Waals surface area contributed by atoms with E-state index in [1.165, 1.54) is 0 Å². The molecule has 0 fully saturated rings. The Morgan fingerprint density at radius 3 is 2.29 bits per heavy atom. The largest absolute Gasteiger partial charge is 0.726 e. The summed E-state index contributed by atoms with van der Waals surface area (Å²) in [5, 5.41) is 0. The Hall–Kier alpha value is -0.920. The molecule has 1 aliphatic heterocycles. The molecule has 0 spiro atoms. The molecule has 0 aromatic heterocycles. The summed E-state index contributed by atoms with van der Waals surface area (Å²) in [5.41, 5.74) is 0. The Bertz CT molecular complexity index is 306. The number of hydrogen-bond donors (Lipinski definition) is 1. The van der Waals surface area contributed by atoms with E-state index >= 15 is 0 Å². The maximum absolute atomic E-state index is 9.22. The second-order valence-corrected chi connectivity index (χ2v) is 3.43. The molecule has 7 heteroatoms. The molecule has 14 heavy (non-hydrogen) atoms. The van der Waals surface area contributed by atoms with Gasteiger partial charge in [-0.25, -0.2) is 13.4 Å². The topological polar surface area (TPSA) is 89.6 Å². The summed E-state index contributed by atoms with van der Waals surface area (Å²) in [6.45, 7) is 1.000. The van der Waals surface area contributed by atoms with Gasteiger partial charge < -0.3 is 9.29 Å². The minimum absolute atomic E-state index is 0.808. The minimum atomic E-state index is -4.41. The molecule has 6 nitrogen and oxygen atoms in total. The Labute approximate surface area is 83.2 Å². The van der Waals surface area contributed by atoms with Crippen LogP contribution in [0.15, 0.2) is 11.8 Å². The van der Waals surface area contributed by atoms with Crippen LogP contribution in [0.1, 0.15) is 6.42 Å². The van der Waals surface area contributed by atoms with Crippen molar-refractivity contribution >= 4 is 16.6 Å². The summed E-state index contributed by atoms with van der Waals surface area (Å²) in [5.74, 6) is 1.06. The fourth-order valence-corrected chi connectivity index (χ4v) is 0.684. The molecular formula is C7H13NO5S. The lowest BCUT2D eigenvalue weighted by Gasteiger charge is -2.01. The highest BCUT2D eigenvalue weighted by atomic mass is 32.3. The molecule has 0 aromatic rings. The average molecular weight is 223 g/mol. The molecule has 1 heterocycles. The third-order valence-electron chi connectivity index (χ3n) is 1.37. The molecule has 1 rings (SSSR count). The van der Waals surface area contributed by atoms with Crippen LogP contribution in [-0.4, -0.2) is 39.9 Å². The first kappa shape index (κ1) is 13.1. The van der Waals surface area contributed by atoms with Crippen molar-refractivity contribution in [3.05, 3.63) is 11.8 Å². The summed E-state index contributed by atoms with van der Waals surface area (Å²) < 4.78 is 36.0. The third-order valence-corrected chi connectivity index (χ3v) is 1.78. The van der Waals surface area contributed by atoms with Gasteiger partial charge in [-0.15, -0.1) is 0 Å². The van der Waals surface area contributed by atoms with Crippen molar-refractivity contribution in [2.24, 2.45) is 0 Å². The van der Waals surface area contributed by atoms with Gasteiger partial charge >= 0.3 is 0 Å². The molecule has 0 saturated heterocycles. The number of allylic oxidation sites excluding steroid dienone is 1. The summed E-state index contributed by atoms with van der Waals surface area (Å²) >= 11 is 0. The van der Waals surface area contributed by atoms with Gasteiger partial charge in [0.15, 0.2) is 6.21 Å². The summed E-state index contributed by atoms with van der Waals surface area (Å²) in [6.07, 6.45) is 4.86. The Morgan fingerprint density at radius 2 is 2.07 bits per heavy atom. The van der Waals surface area contributed by atoms with E-state index < -0.39 is 10.4 Å². The molecule has 1 N–H and O–H groups in total. The van der Waals surface area contributed by atoms with E-state index in [2.05, 4.69) is 9.18 Å². The minimum Gasteiger partial charge on any atom is -0.726 e. The Balaban J connectivity index is 0.000000255. The van der Waals surface area contributed by atoms with Gasteiger partial charge in [0.25, 0.3) is 0 Å². The number of rotatable bonds is 2. The zero-order valence-corrected chi connectivity index (χ0v) is 8.83. The summed E-state index contributed by atoms with van der Waals surface area (Å²) in [4.78, 5) is 3.07. The molecule has 0 aliphatic carbocycles. The Kier molecular flexibility index (Phi) is 6.09. The quantitative estimate of drug-likeness (QED) is 0.439. The normalized spacial score (nSPS) is 15.2. The highest BCUT2D eigenvalue weighted by Gasteiger charge is 2.00. The predicted molar refractivity (Wildman–Crippen MR) is 48.3 cm³/mol. The lowest BCUT2D eigenvalue weighted by molar-refractivity contribution is -0.452. The number of ether oxygens (including phenoxy) is 1. The summed E-state index contributed by atoms with van der Waals surface area (Å²) in [6, 6.07) is 0. The molecular weight excluding hydrogens is 210 g/mol. The number of hydrogen-bond acceptors (Lipinski definition) is 5. The van der Waals surface area contributed by atoms with Crippen LogP contribution in [-0.2, 0) is 19.3 Å². The molecule has 0 radical (unpaired) electrons. The van der Waals surface area contributed by atoms with Crippen LogP contribution < -0.4 is 4.99 Å². The average Bonchev–Trinajstić information content (AvgIpc) is 2.19. The van der Waals surface area contributed by atoms with Gasteiger partial charge in [-0.2, -0.15) is 0 Å². The smallest absolute Gasteiger partial charge is 0.217 e. The van der Waals surface area contributed by atoms with Gasteiger partial charge in [-0.3, -0.25) is 4.18 Å². The van der Waals surface area contributed by atoms with E-state index in [9.17, 15) is 13.0 Å². The first-order valence-electron chi connectivity index (χ1n) is 3.81. The van der Waals surface area contributed by atoms with Crippen LogP contribution in [0.4, 0.5) is 0 Å². The maximum atomic E-state index is 9.22. The van der Waals surface area contributed by atoms with Gasteiger partial charge in [0.05, 0.1) is 20.6 Å². The van der Waals surface area contributed by atoms with Crippen LogP contribution in [0.5, 0.6) is 0 Å². The molecule has 0 atom stereocenters. The van der Waals surface area contributed by atoms with Crippen molar-refractivity contribution in [2.75, 3.05) is 20.8 Å². The lowest BCUT2D eigenvalue weighted by Crippen LogP contribution is -2.69. The van der Waals surface area contributed by atoms with Crippen molar-refractivity contribution in [3.8, 4) is 0 Å². The van der Waals surface area contributed by atoms with E-state index in [-0.39, 0.29) is 0 Å². The fraction of sp³-hybridized carbons (Fsp3) is 0.571. The number of nitrogens with one attached hydrogen (secondary N) is 1. The van der Waals surface area contributed by atoms with Crippen LogP contribution in [0.3, 0.4) is 0 Å². The van der Waals surface area contributed by atoms with Gasteiger partial charge in [-0.05, 0) is 0 Å². The van der Waals surface area contributed by atoms with Gasteiger partial charge in [0.1, 0.15) is 12.3 Å². The van der Waals surface area contributed by atoms with Crippen molar-refractivity contribution in [1.82, 2.24) is 0 Å². The monoisotopic (exact) mass is 223 g/mol. The van der Waals surface area contributed by atoms with Crippen LogP contribution in [0.2, 0.25) is 0 Å². The fourth-order valence-electron chi connectivity index (χ4n) is 0.684. The molecule has 1 aliphatic rings. The Morgan fingerprint density at radius 1 is 1.50 bits per heavy atom. The third kappa shape index (κ3) is 7.71. The van der Waals surface area contributed by atoms with Crippen LogP contribution in [0, 0.1) is 0 Å². The van der Waals surface area contributed by atoms with E-state index in [1.54, 1.807) is 7.11 Å². The SMILES string of the molecule is COC1=CC=[NH+]CC1.COS(=O)(=O)[O-]. The van der Waals surface area contributed by atoms with Crippen LogP contribution >= 0.6 is 0 Å². The molecule has 0 aromatic carbocycles. The molecule has 0 unspecified atom stereocenters. The molecule has 82 valence electrons. The van der Waals surface area contributed by atoms with Crippen molar-refractivity contribution in [3.63, 3.8) is 0 Å². The molecule has 0 saturated carbocycles. The zero-order valence-electron chi connectivity index (χ0n) is 8.02. The highest BCUT2D eigenvalue weighted by molar-refractivity contribution is 7.80. The second-order valence-electron chi connectivity index (χ2n) is 2.28. The zero-order chi connectivity index (χ0) is 11.0. The van der Waals surface area contributed by atoms with Gasteiger partial charge in [-0.1, -0.05) is 0 Å². The lowest BCUT2D eigenvalue weighted by atomic mass is 10.3. The van der Waals surface area contributed by atoms with E-state index in [4.69, 9.17) is 4.74 Å². The standard InChI is InChI=1S/C6H9NO.CH4O4S/c1-8-6-2-4-7-5-3-6;1-5-6(2,3)4/h2,4H,3,5H2,1H3;1H3,(H,2,3,4). The predicted octanol–water partition coefficient (Wildman–Crippen LogP) is -1.84. The second kappa shape index (κ2) is 6.52. The first-order valence-corrected chi connectivity index (χ1v) is 5.14. The maximum Gasteiger partial charge on any atom is 0.217 e. The van der Waals surface area contributed by atoms with E-state index in [1.807, 2.05) is 12.3 Å². The van der Waals surface area contributed by atoms with Gasteiger partial charge in [0.2, 0.25) is 10.4 Å². The highest BCUT2D eigenvalue weighted by Crippen LogP contribution is 1.97. The summed E-state index contributed by atoms with van der Waals surface area (Å²) in [7, 11) is -1.90. The van der Waals surface area contributed by atoms with Crippen LogP contribution in [0.25, 0.3) is 0 Å². The van der Waals surface area contributed by atoms with Gasteiger partial charge in [0, 0.05) is 6.08 Å². The van der Waals surface area contributed by atoms with E-state index in [0.717, 1.165) is 25.8 Å². The molecule has 0 amide bonds. The van der Waals surface area contributed by atoms with Crippen molar-refractivity contribution < 1.29 is 26.9 Å². The van der Waals surface area contributed by atoms with E-state index in [0.29, 0.717) is 0 Å². The number of methoxy groups -OCH3 is 1. The van der Waals surface area contributed by atoms with Crippen molar-refractivity contribution in [2.45, 2.75) is 6.42 Å².